The summed E-state index contributed by atoms with van der Waals surface area (Å²) in [6.45, 7) is 2.46. The first-order valence-corrected chi connectivity index (χ1v) is 10.6. The fraction of sp³-hybridized carbons (Fsp3) is 0.364. The topological polar surface area (TPSA) is 70.1 Å². The molecule has 7 nitrogen and oxygen atoms in total. The maximum absolute atomic E-state index is 13.1. The van der Waals surface area contributed by atoms with Gasteiger partial charge in [0.15, 0.2) is 4.77 Å². The molecule has 1 aliphatic heterocycles. The number of rotatable bonds is 6. The number of carbonyl (C=O) groups is 1. The zero-order valence-electron chi connectivity index (χ0n) is 17.1. The van der Waals surface area contributed by atoms with Crippen LogP contribution in [0.5, 0.6) is 0 Å². The Morgan fingerprint density at radius 3 is 2.60 bits per heavy atom. The van der Waals surface area contributed by atoms with E-state index in [1.54, 1.807) is 6.20 Å². The molecule has 30 heavy (non-hydrogen) atoms. The Bertz CT molecular complexity index is 1020. The van der Waals surface area contributed by atoms with Gasteiger partial charge in [-0.25, -0.2) is 0 Å². The number of pyridine rings is 1. The molecule has 3 heterocycles. The molecule has 0 radical (unpaired) electrons. The van der Waals surface area contributed by atoms with Crippen LogP contribution in [0.1, 0.15) is 30.1 Å². The first-order chi connectivity index (χ1) is 14.6. The summed E-state index contributed by atoms with van der Waals surface area (Å²) in [7, 11) is 1.94. The Hall–Kier alpha value is -3.00. The number of hydrogen-bond donors (Lipinski definition) is 1. The second kappa shape index (κ2) is 9.21. The lowest BCUT2D eigenvalue weighted by Crippen LogP contribution is -2.44. The molecule has 156 valence electrons. The van der Waals surface area contributed by atoms with E-state index < -0.39 is 0 Å². The molecule has 2 aromatic heterocycles. The van der Waals surface area contributed by atoms with E-state index in [2.05, 4.69) is 20.1 Å². The van der Waals surface area contributed by atoms with Gasteiger partial charge in [0, 0.05) is 50.7 Å². The first kappa shape index (κ1) is 20.3. The van der Waals surface area contributed by atoms with E-state index in [0.717, 1.165) is 43.0 Å². The minimum atomic E-state index is 0.150. The van der Waals surface area contributed by atoms with E-state index in [-0.39, 0.29) is 5.91 Å². The fourth-order valence-corrected chi connectivity index (χ4v) is 4.10. The number of aromatic amines is 1. The SMILES string of the molecule is Cn1c(C2CCN(C(=O)CN(Cc3cccnc3)c3ccccc3)CC2)n[nH]c1=S. The van der Waals surface area contributed by atoms with Crippen molar-refractivity contribution in [3.05, 3.63) is 71.0 Å². The molecule has 0 aliphatic carbocycles. The Kier molecular flexibility index (Phi) is 6.23. The zero-order chi connectivity index (χ0) is 20.9. The summed E-state index contributed by atoms with van der Waals surface area (Å²) in [6.07, 6.45) is 5.41. The third-order valence-corrected chi connectivity index (χ3v) is 6.04. The number of likely N-dealkylation sites (tertiary alicyclic amines) is 1. The number of anilines is 1. The summed E-state index contributed by atoms with van der Waals surface area (Å²) in [6, 6.07) is 14.0. The molecular formula is C22H26N6OS. The lowest BCUT2D eigenvalue weighted by atomic mass is 9.96. The minimum Gasteiger partial charge on any atom is -0.358 e. The monoisotopic (exact) mass is 422 g/mol. The van der Waals surface area contributed by atoms with Crippen molar-refractivity contribution in [3.63, 3.8) is 0 Å². The standard InChI is InChI=1S/C22H26N6OS/c1-26-21(24-25-22(26)30)18-9-12-27(13-10-18)20(29)16-28(19-7-3-2-4-8-19)15-17-6-5-11-23-14-17/h2-8,11,14,18H,9-10,12-13,15-16H2,1H3,(H,25,30). The maximum Gasteiger partial charge on any atom is 0.242 e. The van der Waals surface area contributed by atoms with E-state index in [1.165, 1.54) is 0 Å². The predicted octanol–water partition coefficient (Wildman–Crippen LogP) is 3.29. The largest absolute Gasteiger partial charge is 0.358 e. The van der Waals surface area contributed by atoms with Crippen LogP contribution in [-0.2, 0) is 18.4 Å². The van der Waals surface area contributed by atoms with E-state index >= 15 is 0 Å². The van der Waals surface area contributed by atoms with Crippen LogP contribution in [0.3, 0.4) is 0 Å². The summed E-state index contributed by atoms with van der Waals surface area (Å²) in [5.74, 6) is 1.46. The molecule has 1 amide bonds. The second-order valence-corrected chi connectivity index (χ2v) is 8.04. The summed E-state index contributed by atoms with van der Waals surface area (Å²) < 4.78 is 2.57. The Morgan fingerprint density at radius 1 is 1.20 bits per heavy atom. The van der Waals surface area contributed by atoms with Crippen LogP contribution >= 0.6 is 12.2 Å². The van der Waals surface area contributed by atoms with E-state index in [4.69, 9.17) is 12.2 Å². The van der Waals surface area contributed by atoms with Gasteiger partial charge in [0.25, 0.3) is 0 Å². The lowest BCUT2D eigenvalue weighted by molar-refractivity contribution is -0.130. The van der Waals surface area contributed by atoms with Crippen LogP contribution < -0.4 is 4.90 Å². The average molecular weight is 423 g/mol. The highest BCUT2D eigenvalue weighted by Gasteiger charge is 2.27. The van der Waals surface area contributed by atoms with Crippen molar-refractivity contribution in [1.29, 1.82) is 0 Å². The van der Waals surface area contributed by atoms with Gasteiger partial charge in [0.05, 0.1) is 6.54 Å². The molecule has 0 unspecified atom stereocenters. The van der Waals surface area contributed by atoms with Gasteiger partial charge in [0.2, 0.25) is 5.91 Å². The van der Waals surface area contributed by atoms with Gasteiger partial charge in [0.1, 0.15) is 5.82 Å². The van der Waals surface area contributed by atoms with Crippen LogP contribution in [0.2, 0.25) is 0 Å². The molecule has 1 N–H and O–H groups in total. The van der Waals surface area contributed by atoms with Crippen molar-refractivity contribution in [3.8, 4) is 0 Å². The number of nitrogens with zero attached hydrogens (tertiary/aromatic N) is 5. The Balaban J connectivity index is 1.41. The average Bonchev–Trinajstić information content (AvgIpc) is 3.13. The van der Waals surface area contributed by atoms with Crippen molar-refractivity contribution in [2.75, 3.05) is 24.5 Å². The predicted molar refractivity (Wildman–Crippen MR) is 119 cm³/mol. The van der Waals surface area contributed by atoms with Gasteiger partial charge < -0.3 is 14.4 Å². The fourth-order valence-electron chi connectivity index (χ4n) is 3.96. The van der Waals surface area contributed by atoms with Gasteiger partial charge in [-0.1, -0.05) is 24.3 Å². The van der Waals surface area contributed by atoms with Crippen LogP contribution in [0.4, 0.5) is 5.69 Å². The molecule has 3 aromatic rings. The first-order valence-electron chi connectivity index (χ1n) is 10.2. The number of nitrogens with one attached hydrogen (secondary N) is 1. The highest BCUT2D eigenvalue weighted by molar-refractivity contribution is 7.71. The van der Waals surface area contributed by atoms with Crippen LogP contribution in [0, 0.1) is 4.77 Å². The molecule has 8 heteroatoms. The van der Waals surface area contributed by atoms with Crippen LogP contribution in [0.15, 0.2) is 54.9 Å². The molecule has 1 saturated heterocycles. The van der Waals surface area contributed by atoms with Crippen LogP contribution in [-0.4, -0.2) is 50.2 Å². The molecule has 1 aromatic carbocycles. The van der Waals surface area contributed by atoms with Crippen molar-refractivity contribution in [2.24, 2.45) is 7.05 Å². The molecule has 1 fully saturated rings. The van der Waals surface area contributed by atoms with Gasteiger partial charge in [-0.3, -0.25) is 14.9 Å². The maximum atomic E-state index is 13.1. The summed E-state index contributed by atoms with van der Waals surface area (Å²) in [5, 5.41) is 7.23. The van der Waals surface area contributed by atoms with Crippen molar-refractivity contribution in [1.82, 2.24) is 24.6 Å². The van der Waals surface area contributed by atoms with Gasteiger partial charge in [-0.15, -0.1) is 0 Å². The summed E-state index contributed by atoms with van der Waals surface area (Å²) >= 11 is 5.23. The molecule has 0 saturated carbocycles. The number of para-hydroxylation sites is 1. The molecule has 1 aliphatic rings. The molecule has 0 bridgehead atoms. The highest BCUT2D eigenvalue weighted by Crippen LogP contribution is 2.27. The number of amides is 1. The van der Waals surface area contributed by atoms with Gasteiger partial charge in [-0.2, -0.15) is 5.10 Å². The zero-order valence-corrected chi connectivity index (χ0v) is 17.9. The van der Waals surface area contributed by atoms with Gasteiger partial charge in [-0.05, 0) is 48.8 Å². The third-order valence-electron chi connectivity index (χ3n) is 5.67. The highest BCUT2D eigenvalue weighted by atomic mass is 32.1. The Labute approximate surface area is 181 Å². The van der Waals surface area contributed by atoms with Crippen LogP contribution in [0.25, 0.3) is 0 Å². The van der Waals surface area contributed by atoms with Gasteiger partial charge >= 0.3 is 0 Å². The third kappa shape index (κ3) is 4.59. The van der Waals surface area contributed by atoms with E-state index in [0.29, 0.717) is 23.8 Å². The number of aromatic nitrogens is 4. The second-order valence-electron chi connectivity index (χ2n) is 7.65. The normalized spacial score (nSPS) is 14.6. The molecule has 0 atom stereocenters. The quantitative estimate of drug-likeness (QED) is 0.618. The number of benzene rings is 1. The van der Waals surface area contributed by atoms with Crippen molar-refractivity contribution < 1.29 is 4.79 Å². The van der Waals surface area contributed by atoms with E-state index in [1.807, 2.05) is 65.2 Å². The van der Waals surface area contributed by atoms with Crippen molar-refractivity contribution in [2.45, 2.75) is 25.3 Å². The number of carbonyl (C=O) groups excluding carboxylic acids is 1. The number of hydrogen-bond acceptors (Lipinski definition) is 5. The summed E-state index contributed by atoms with van der Waals surface area (Å²) in [4.78, 5) is 21.4. The molecule has 0 spiro atoms. The Morgan fingerprint density at radius 2 is 1.97 bits per heavy atom. The number of H-pyrrole nitrogens is 1. The molecular weight excluding hydrogens is 396 g/mol. The van der Waals surface area contributed by atoms with Crippen molar-refractivity contribution >= 4 is 23.8 Å². The smallest absolute Gasteiger partial charge is 0.242 e. The van der Waals surface area contributed by atoms with E-state index in [9.17, 15) is 4.79 Å². The minimum absolute atomic E-state index is 0.150. The molecule has 4 rings (SSSR count). The lowest BCUT2D eigenvalue weighted by Gasteiger charge is -2.33. The number of piperidine rings is 1. The summed E-state index contributed by atoms with van der Waals surface area (Å²) in [5.41, 5.74) is 2.12.